The number of hydrogen-bond acceptors (Lipinski definition) is 3. The predicted octanol–water partition coefficient (Wildman–Crippen LogP) is 0.496. The van der Waals surface area contributed by atoms with Crippen LogP contribution in [0.2, 0.25) is 0 Å². The van der Waals surface area contributed by atoms with Crippen LogP contribution in [0.25, 0.3) is 11.4 Å². The van der Waals surface area contributed by atoms with E-state index < -0.39 is 0 Å². The minimum atomic E-state index is 0.714. The fourth-order valence-corrected chi connectivity index (χ4v) is 0.812. The molecule has 4 nitrogen and oxygen atoms in total. The van der Waals surface area contributed by atoms with Crippen LogP contribution < -0.4 is 5.21 Å². The first kappa shape index (κ1) is 6.03. The second-order valence-corrected chi connectivity index (χ2v) is 2.03. The Bertz CT molecular complexity index is 313. The van der Waals surface area contributed by atoms with Crippen LogP contribution in [0.3, 0.4) is 0 Å². The molecule has 0 aliphatic heterocycles. The molecule has 0 aliphatic rings. The van der Waals surface area contributed by atoms with E-state index in [-0.39, 0.29) is 0 Å². The highest BCUT2D eigenvalue weighted by atomic mass is 15.3. The second-order valence-electron chi connectivity index (χ2n) is 2.03. The van der Waals surface area contributed by atoms with Gasteiger partial charge >= 0.3 is 0 Å². The lowest BCUT2D eigenvalue weighted by Crippen LogP contribution is -1.81. The van der Waals surface area contributed by atoms with Crippen LogP contribution in [0, 0.1) is 0 Å². The summed E-state index contributed by atoms with van der Waals surface area (Å²) in [6.07, 6.45) is 3.30. The molecule has 0 saturated heterocycles. The molecule has 4 heteroatoms. The van der Waals surface area contributed by atoms with Crippen molar-refractivity contribution in [1.29, 1.82) is 0 Å². The van der Waals surface area contributed by atoms with Crippen LogP contribution in [-0.2, 0) is 0 Å². The Morgan fingerprint density at radius 2 is 2.18 bits per heavy atom. The molecule has 0 amide bonds. The minimum Gasteiger partial charge on any atom is -0.493 e. The summed E-state index contributed by atoms with van der Waals surface area (Å²) in [7, 11) is 0. The van der Waals surface area contributed by atoms with Gasteiger partial charge < -0.3 is 15.4 Å². The molecule has 0 unspecified atom stereocenters. The SMILES string of the molecule is c1ccc(-c2cn[n-]n2)nc1. The van der Waals surface area contributed by atoms with Crippen molar-refractivity contribution >= 4 is 0 Å². The van der Waals surface area contributed by atoms with Gasteiger partial charge in [-0.05, 0) is 12.1 Å². The fraction of sp³-hybridized carbons (Fsp3) is 0. The van der Waals surface area contributed by atoms with Crippen LogP contribution in [-0.4, -0.2) is 15.2 Å². The van der Waals surface area contributed by atoms with E-state index in [0.29, 0.717) is 5.69 Å². The average Bonchev–Trinajstić information content (AvgIpc) is 2.58. The Morgan fingerprint density at radius 1 is 1.18 bits per heavy atom. The van der Waals surface area contributed by atoms with E-state index in [2.05, 4.69) is 20.4 Å². The Morgan fingerprint density at radius 3 is 2.82 bits per heavy atom. The monoisotopic (exact) mass is 145 g/mol. The lowest BCUT2D eigenvalue weighted by atomic mass is 10.3. The van der Waals surface area contributed by atoms with Gasteiger partial charge in [0.25, 0.3) is 0 Å². The first-order chi connectivity index (χ1) is 5.47. The van der Waals surface area contributed by atoms with Crippen molar-refractivity contribution in [3.8, 4) is 11.4 Å². The number of rotatable bonds is 1. The van der Waals surface area contributed by atoms with Crippen LogP contribution >= 0.6 is 0 Å². The molecule has 11 heavy (non-hydrogen) atoms. The van der Waals surface area contributed by atoms with Gasteiger partial charge in [0, 0.05) is 12.4 Å². The molecule has 0 aromatic carbocycles. The zero-order chi connectivity index (χ0) is 7.52. The van der Waals surface area contributed by atoms with Gasteiger partial charge in [-0.1, -0.05) is 6.07 Å². The number of pyridine rings is 1. The summed E-state index contributed by atoms with van der Waals surface area (Å²) >= 11 is 0. The molecular weight excluding hydrogens is 140 g/mol. The molecule has 0 saturated carbocycles. The standard InChI is InChI=1S/C7H5N4/c1-2-4-8-6(3-1)7-5-9-11-10-7/h1-5H/q-1. The number of aromatic nitrogens is 4. The van der Waals surface area contributed by atoms with Gasteiger partial charge in [-0.25, -0.2) is 0 Å². The topological polar surface area (TPSA) is 52.8 Å². The molecular formula is C7H5N4-. The van der Waals surface area contributed by atoms with Crippen molar-refractivity contribution in [1.82, 2.24) is 20.4 Å². The molecule has 0 atom stereocenters. The third-order valence-electron chi connectivity index (χ3n) is 1.31. The third kappa shape index (κ3) is 1.10. The molecule has 2 aromatic heterocycles. The van der Waals surface area contributed by atoms with Gasteiger partial charge in [0.15, 0.2) is 0 Å². The molecule has 0 aliphatic carbocycles. The fourth-order valence-electron chi connectivity index (χ4n) is 0.812. The first-order valence-electron chi connectivity index (χ1n) is 3.19. The molecule has 2 aromatic rings. The van der Waals surface area contributed by atoms with Crippen molar-refractivity contribution in [3.63, 3.8) is 0 Å². The van der Waals surface area contributed by atoms with E-state index in [4.69, 9.17) is 0 Å². The average molecular weight is 145 g/mol. The lowest BCUT2D eigenvalue weighted by molar-refractivity contribution is 0.910. The van der Waals surface area contributed by atoms with Gasteiger partial charge in [-0.3, -0.25) is 4.98 Å². The molecule has 0 bridgehead atoms. The summed E-state index contributed by atoms with van der Waals surface area (Å²) in [4.78, 5) is 4.08. The van der Waals surface area contributed by atoms with Crippen LogP contribution in [0.15, 0.2) is 30.6 Å². The highest BCUT2D eigenvalue weighted by Crippen LogP contribution is 2.08. The van der Waals surface area contributed by atoms with Gasteiger partial charge in [0.05, 0.1) is 11.4 Å². The van der Waals surface area contributed by atoms with Crippen LogP contribution in [0.4, 0.5) is 0 Å². The van der Waals surface area contributed by atoms with Crippen molar-refractivity contribution in [3.05, 3.63) is 30.6 Å². The summed E-state index contributed by atoms with van der Waals surface area (Å²) in [5.41, 5.74) is 1.52. The minimum absolute atomic E-state index is 0.714. The molecule has 0 fully saturated rings. The van der Waals surface area contributed by atoms with E-state index in [0.717, 1.165) is 5.69 Å². The Hall–Kier alpha value is -1.71. The van der Waals surface area contributed by atoms with E-state index >= 15 is 0 Å². The van der Waals surface area contributed by atoms with Crippen molar-refractivity contribution in [2.75, 3.05) is 0 Å². The zero-order valence-electron chi connectivity index (χ0n) is 5.68. The molecule has 0 radical (unpaired) electrons. The summed E-state index contributed by atoms with van der Waals surface area (Å²) in [6.45, 7) is 0. The Labute approximate surface area is 63.3 Å². The van der Waals surface area contributed by atoms with Gasteiger partial charge in [0.2, 0.25) is 0 Å². The van der Waals surface area contributed by atoms with E-state index in [9.17, 15) is 0 Å². The highest BCUT2D eigenvalue weighted by molar-refractivity contribution is 5.50. The second kappa shape index (κ2) is 2.49. The molecule has 2 rings (SSSR count). The molecule has 0 N–H and O–H groups in total. The normalized spacial score (nSPS) is 9.82. The maximum atomic E-state index is 4.08. The Balaban J connectivity index is 2.46. The molecule has 0 spiro atoms. The van der Waals surface area contributed by atoms with Gasteiger partial charge in [-0.15, -0.1) is 0 Å². The van der Waals surface area contributed by atoms with Crippen molar-refractivity contribution in [2.45, 2.75) is 0 Å². The molecule has 2 heterocycles. The first-order valence-corrected chi connectivity index (χ1v) is 3.19. The van der Waals surface area contributed by atoms with Crippen molar-refractivity contribution in [2.24, 2.45) is 0 Å². The third-order valence-corrected chi connectivity index (χ3v) is 1.31. The van der Waals surface area contributed by atoms with Crippen LogP contribution in [0.1, 0.15) is 0 Å². The number of hydrogen-bond donors (Lipinski definition) is 0. The quantitative estimate of drug-likeness (QED) is 0.586. The zero-order valence-corrected chi connectivity index (χ0v) is 5.68. The van der Waals surface area contributed by atoms with E-state index in [1.165, 1.54) is 0 Å². The van der Waals surface area contributed by atoms with Crippen molar-refractivity contribution < 1.29 is 0 Å². The summed E-state index contributed by atoms with van der Waals surface area (Å²) in [5.74, 6) is 0. The smallest absolute Gasteiger partial charge is 0.0884 e. The Kier molecular flexibility index (Phi) is 1.37. The van der Waals surface area contributed by atoms with Gasteiger partial charge in [-0.2, -0.15) is 0 Å². The lowest BCUT2D eigenvalue weighted by Gasteiger charge is -1.93. The largest absolute Gasteiger partial charge is 0.493 e. The number of nitrogens with zero attached hydrogens (tertiary/aromatic N) is 4. The summed E-state index contributed by atoms with van der Waals surface area (Å²) in [5, 5.41) is 10.8. The maximum Gasteiger partial charge on any atom is 0.0884 e. The highest BCUT2D eigenvalue weighted by Gasteiger charge is 1.93. The molecule has 54 valence electrons. The summed E-state index contributed by atoms with van der Waals surface area (Å²) < 4.78 is 0. The maximum absolute atomic E-state index is 4.08. The van der Waals surface area contributed by atoms with Gasteiger partial charge in [0.1, 0.15) is 0 Å². The summed E-state index contributed by atoms with van der Waals surface area (Å²) in [6, 6.07) is 5.62. The predicted molar refractivity (Wildman–Crippen MR) is 38.6 cm³/mol. The van der Waals surface area contributed by atoms with E-state index in [1.54, 1.807) is 12.4 Å². The van der Waals surface area contributed by atoms with Crippen LogP contribution in [0.5, 0.6) is 0 Å². The van der Waals surface area contributed by atoms with E-state index in [1.807, 2.05) is 18.2 Å².